The van der Waals surface area contributed by atoms with Gasteiger partial charge in [-0.2, -0.15) is 13.2 Å². The fourth-order valence-electron chi connectivity index (χ4n) is 1.59. The molecule has 0 saturated heterocycles. The lowest BCUT2D eigenvalue weighted by Gasteiger charge is -2.19. The molecule has 25 heavy (non-hydrogen) atoms. The van der Waals surface area contributed by atoms with Crippen molar-refractivity contribution in [3.8, 4) is 0 Å². The highest BCUT2D eigenvalue weighted by atomic mass is 32.2. The molecule has 12 heteroatoms. The molecule has 0 heterocycles. The molecule has 1 unspecified atom stereocenters. The topological polar surface area (TPSA) is 130 Å². The monoisotopic (exact) mass is 385 g/mol. The van der Waals surface area contributed by atoms with Crippen molar-refractivity contribution in [2.24, 2.45) is 0 Å². The van der Waals surface area contributed by atoms with Gasteiger partial charge in [0, 0.05) is 0 Å². The number of hydrogen-bond acceptors (Lipinski definition) is 6. The van der Waals surface area contributed by atoms with Crippen molar-refractivity contribution in [2.45, 2.75) is 23.6 Å². The van der Waals surface area contributed by atoms with Gasteiger partial charge in [-0.1, -0.05) is 0 Å². The number of carboxylic acid groups (broad SMARTS) is 1. The Morgan fingerprint density at radius 1 is 1.28 bits per heavy atom. The summed E-state index contributed by atoms with van der Waals surface area (Å²) in [5.41, 5.74) is -4.54. The first-order valence-electron chi connectivity index (χ1n) is 6.47. The number of nitrogens with one attached hydrogen (secondary N) is 1. The number of carbonyl (C=O) groups excluding carboxylic acids is 1. The van der Waals surface area contributed by atoms with Gasteiger partial charge in [0.2, 0.25) is 10.0 Å². The highest BCUT2D eigenvalue weighted by Gasteiger charge is 2.36. The van der Waals surface area contributed by atoms with Crippen LogP contribution in [0.3, 0.4) is 0 Å². The van der Waals surface area contributed by atoms with Crippen molar-refractivity contribution in [3.05, 3.63) is 29.3 Å². The first-order valence-corrected chi connectivity index (χ1v) is 7.95. The van der Waals surface area contributed by atoms with Crippen molar-refractivity contribution in [3.63, 3.8) is 0 Å². The molecule has 0 aliphatic rings. The van der Waals surface area contributed by atoms with Gasteiger partial charge >= 0.3 is 18.1 Å². The summed E-state index contributed by atoms with van der Waals surface area (Å²) in [4.78, 5) is 21.3. The van der Waals surface area contributed by atoms with Crippen molar-refractivity contribution >= 4 is 22.0 Å². The number of carbonyl (C=O) groups is 2. The van der Waals surface area contributed by atoms with E-state index in [1.807, 2.05) is 0 Å². The van der Waals surface area contributed by atoms with Gasteiger partial charge in [-0.05, 0) is 25.1 Å². The van der Waals surface area contributed by atoms with E-state index in [-0.39, 0.29) is 6.07 Å². The van der Waals surface area contributed by atoms with E-state index in [1.54, 1.807) is 4.72 Å². The zero-order valence-corrected chi connectivity index (χ0v) is 13.7. The fraction of sp³-hybridized carbons (Fsp3) is 0.385. The van der Waals surface area contributed by atoms with Gasteiger partial charge in [-0.15, -0.1) is 0 Å². The summed E-state index contributed by atoms with van der Waals surface area (Å²) >= 11 is 0. The standard InChI is InChI=1S/C13H14F3NO7S/c1-12(21,11(19)20)6-17-25(22,23)9-5-7(13(14,15)16)3-4-8(9)10(18)24-2/h3-5,17,21H,6H2,1-2H3,(H,19,20). The summed E-state index contributed by atoms with van der Waals surface area (Å²) in [6.45, 7) is -0.257. The Kier molecular flexibility index (Phi) is 5.82. The molecule has 8 nitrogen and oxygen atoms in total. The first kappa shape index (κ1) is 20.9. The molecule has 0 aliphatic carbocycles. The molecule has 1 atom stereocenters. The number of esters is 1. The number of halogens is 3. The van der Waals surface area contributed by atoms with Crippen molar-refractivity contribution < 1.29 is 46.1 Å². The third kappa shape index (κ3) is 4.90. The second-order valence-corrected chi connectivity index (χ2v) is 6.84. The van der Waals surface area contributed by atoms with E-state index in [0.717, 1.165) is 14.0 Å². The van der Waals surface area contributed by atoms with E-state index in [2.05, 4.69) is 4.74 Å². The van der Waals surface area contributed by atoms with Crippen LogP contribution in [0.2, 0.25) is 0 Å². The molecule has 0 fully saturated rings. The van der Waals surface area contributed by atoms with E-state index in [1.165, 1.54) is 0 Å². The second-order valence-electron chi connectivity index (χ2n) is 5.10. The molecule has 0 saturated carbocycles. The summed E-state index contributed by atoms with van der Waals surface area (Å²) in [6.07, 6.45) is -4.88. The number of aliphatic hydroxyl groups is 1. The van der Waals surface area contributed by atoms with E-state index in [4.69, 9.17) is 5.11 Å². The first-order chi connectivity index (χ1) is 11.2. The van der Waals surface area contributed by atoms with Crippen LogP contribution < -0.4 is 4.72 Å². The lowest BCUT2D eigenvalue weighted by atomic mass is 10.1. The predicted octanol–water partition coefficient (Wildman–Crippen LogP) is 0.606. The molecule has 140 valence electrons. The van der Waals surface area contributed by atoms with Gasteiger partial charge in [0.15, 0.2) is 5.60 Å². The largest absolute Gasteiger partial charge is 0.479 e. The molecule has 1 rings (SSSR count). The maximum absolute atomic E-state index is 12.8. The number of benzene rings is 1. The van der Waals surface area contributed by atoms with Crippen molar-refractivity contribution in [1.29, 1.82) is 0 Å². The molecule has 0 aliphatic heterocycles. The van der Waals surface area contributed by atoms with Crippen molar-refractivity contribution in [2.75, 3.05) is 13.7 Å². The van der Waals surface area contributed by atoms with Gasteiger partial charge in [-0.3, -0.25) is 0 Å². The maximum atomic E-state index is 12.8. The summed E-state index contributed by atoms with van der Waals surface area (Å²) in [6, 6.07) is 1.33. The second kappa shape index (κ2) is 6.98. The lowest BCUT2D eigenvalue weighted by Crippen LogP contribution is -2.46. The molecular formula is C13H14F3NO7S. The Hall–Kier alpha value is -2.18. The highest BCUT2D eigenvalue weighted by Crippen LogP contribution is 2.32. The van der Waals surface area contributed by atoms with Gasteiger partial charge in [0.05, 0.1) is 29.7 Å². The Labute approximate surface area is 140 Å². The van der Waals surface area contributed by atoms with Gasteiger partial charge in [-0.25, -0.2) is 22.7 Å². The van der Waals surface area contributed by atoms with Crippen LogP contribution in [0.1, 0.15) is 22.8 Å². The molecule has 0 amide bonds. The maximum Gasteiger partial charge on any atom is 0.416 e. The van der Waals surface area contributed by atoms with E-state index in [0.29, 0.717) is 12.1 Å². The Morgan fingerprint density at radius 2 is 1.84 bits per heavy atom. The van der Waals surface area contributed by atoms with E-state index >= 15 is 0 Å². The SMILES string of the molecule is COC(=O)c1ccc(C(F)(F)F)cc1S(=O)(=O)NCC(C)(O)C(=O)O. The normalized spacial score (nSPS) is 14.6. The molecule has 0 aromatic heterocycles. The van der Waals surface area contributed by atoms with Crippen LogP contribution in [0, 0.1) is 0 Å². The number of carboxylic acids is 1. The van der Waals surface area contributed by atoms with Crippen molar-refractivity contribution in [1.82, 2.24) is 4.72 Å². The number of aliphatic carboxylic acids is 1. The minimum Gasteiger partial charge on any atom is -0.479 e. The summed E-state index contributed by atoms with van der Waals surface area (Å²) < 4.78 is 68.9. The summed E-state index contributed by atoms with van der Waals surface area (Å²) in [7, 11) is -3.87. The van der Waals surface area contributed by atoms with Crippen LogP contribution >= 0.6 is 0 Å². The average molecular weight is 385 g/mol. The lowest BCUT2D eigenvalue weighted by molar-refractivity contribution is -0.155. The van der Waals surface area contributed by atoms with Crippen LogP contribution in [0.15, 0.2) is 23.1 Å². The molecular weight excluding hydrogens is 371 g/mol. The van der Waals surface area contributed by atoms with Gasteiger partial charge in [0.25, 0.3) is 0 Å². The summed E-state index contributed by atoms with van der Waals surface area (Å²) in [5.74, 6) is -2.97. The van der Waals surface area contributed by atoms with Crippen LogP contribution in [0.4, 0.5) is 13.2 Å². The van der Waals surface area contributed by atoms with Crippen LogP contribution in [0.25, 0.3) is 0 Å². The minimum atomic E-state index is -4.88. The Morgan fingerprint density at radius 3 is 2.28 bits per heavy atom. The van der Waals surface area contributed by atoms with Crippen LogP contribution in [-0.2, 0) is 25.7 Å². The number of rotatable bonds is 6. The Balaban J connectivity index is 3.40. The molecule has 1 aromatic carbocycles. The predicted molar refractivity (Wildman–Crippen MR) is 76.2 cm³/mol. The molecule has 3 N–H and O–H groups in total. The van der Waals surface area contributed by atoms with E-state index in [9.17, 15) is 36.3 Å². The molecule has 1 aromatic rings. The molecule has 0 bridgehead atoms. The highest BCUT2D eigenvalue weighted by molar-refractivity contribution is 7.89. The number of sulfonamides is 1. The third-order valence-electron chi connectivity index (χ3n) is 3.07. The average Bonchev–Trinajstić information content (AvgIpc) is 2.50. The Bertz CT molecular complexity index is 787. The zero-order chi connectivity index (χ0) is 19.6. The quantitative estimate of drug-likeness (QED) is 0.612. The minimum absolute atomic E-state index is 0.212. The van der Waals surface area contributed by atoms with Gasteiger partial charge < -0.3 is 14.9 Å². The van der Waals surface area contributed by atoms with Gasteiger partial charge in [0.1, 0.15) is 0 Å². The smallest absolute Gasteiger partial charge is 0.416 e. The number of hydrogen-bond donors (Lipinski definition) is 3. The fourth-order valence-corrected chi connectivity index (χ4v) is 2.94. The third-order valence-corrected chi connectivity index (χ3v) is 4.51. The number of ether oxygens (including phenoxy) is 1. The van der Waals surface area contributed by atoms with Crippen LogP contribution in [-0.4, -0.2) is 49.8 Å². The molecule has 0 radical (unpaired) electrons. The number of methoxy groups -OCH3 is 1. The molecule has 0 spiro atoms. The number of alkyl halides is 3. The zero-order valence-electron chi connectivity index (χ0n) is 12.9. The summed E-state index contributed by atoms with van der Waals surface area (Å²) in [5, 5.41) is 18.2. The van der Waals surface area contributed by atoms with E-state index < -0.39 is 56.3 Å². The van der Waals surface area contributed by atoms with Crippen LogP contribution in [0.5, 0.6) is 0 Å².